The number of hydrogen-bond acceptors (Lipinski definition) is 5. The van der Waals surface area contributed by atoms with E-state index in [1.54, 1.807) is 22.0 Å². The predicted octanol–water partition coefficient (Wildman–Crippen LogP) is 4.33. The van der Waals surface area contributed by atoms with Crippen molar-refractivity contribution >= 4 is 23.4 Å². The molecule has 2 bridgehead atoms. The monoisotopic (exact) mass is 577 g/mol. The smallest absolute Gasteiger partial charge is 0.248 e. The SMILES string of the molecule is C=CCN(C(=O)[C@@H]1[C@H]2C(=O)N([C@@H](CO)C(C)C)C(C(=O)N(CC=C)C3CCCCC3)C23CC[C@@]1(C)O3)c1ccccc1. The summed E-state index contributed by atoms with van der Waals surface area (Å²) in [5, 5.41) is 10.6. The van der Waals surface area contributed by atoms with Crippen molar-refractivity contribution in [3.63, 3.8) is 0 Å². The van der Waals surface area contributed by atoms with E-state index in [0.29, 0.717) is 19.4 Å². The zero-order valence-corrected chi connectivity index (χ0v) is 25.4. The molecule has 1 N–H and O–H groups in total. The lowest BCUT2D eigenvalue weighted by atomic mass is 9.66. The summed E-state index contributed by atoms with van der Waals surface area (Å²) < 4.78 is 6.90. The second-order valence-corrected chi connectivity index (χ2v) is 13.1. The van der Waals surface area contributed by atoms with Crippen LogP contribution in [0.15, 0.2) is 55.6 Å². The molecule has 42 heavy (non-hydrogen) atoms. The third kappa shape index (κ3) is 4.80. The maximum absolute atomic E-state index is 14.8. The van der Waals surface area contributed by atoms with Crippen LogP contribution in [0.5, 0.6) is 0 Å². The Morgan fingerprint density at radius 3 is 2.33 bits per heavy atom. The number of aliphatic hydroxyl groups excluding tert-OH is 1. The highest BCUT2D eigenvalue weighted by Crippen LogP contribution is 2.64. The lowest BCUT2D eigenvalue weighted by molar-refractivity contribution is -0.157. The number of carbonyl (C=O) groups excluding carboxylic acids is 3. The highest BCUT2D eigenvalue weighted by Gasteiger charge is 2.79. The summed E-state index contributed by atoms with van der Waals surface area (Å²) in [7, 11) is 0. The van der Waals surface area contributed by atoms with Gasteiger partial charge >= 0.3 is 0 Å². The van der Waals surface area contributed by atoms with Crippen LogP contribution in [0.3, 0.4) is 0 Å². The van der Waals surface area contributed by atoms with Gasteiger partial charge in [0.25, 0.3) is 0 Å². The average molecular weight is 578 g/mol. The van der Waals surface area contributed by atoms with Crippen molar-refractivity contribution in [1.82, 2.24) is 9.80 Å². The van der Waals surface area contributed by atoms with Crippen LogP contribution in [0.25, 0.3) is 0 Å². The minimum Gasteiger partial charge on any atom is -0.394 e. The number of aliphatic hydroxyl groups is 1. The number of fused-ring (bicyclic) bond motifs is 1. The molecule has 0 aromatic heterocycles. The molecule has 1 aromatic carbocycles. The topological polar surface area (TPSA) is 90.4 Å². The van der Waals surface area contributed by atoms with E-state index in [9.17, 15) is 19.5 Å². The molecule has 3 saturated heterocycles. The Labute approximate surface area is 250 Å². The van der Waals surface area contributed by atoms with Gasteiger partial charge in [-0.2, -0.15) is 0 Å². The summed E-state index contributed by atoms with van der Waals surface area (Å²) in [5.41, 5.74) is -1.31. The third-order valence-corrected chi connectivity index (χ3v) is 10.3. The predicted molar refractivity (Wildman–Crippen MR) is 163 cm³/mol. The van der Waals surface area contributed by atoms with Gasteiger partial charge < -0.3 is 24.5 Å². The molecule has 4 fully saturated rings. The van der Waals surface area contributed by atoms with Crippen molar-refractivity contribution in [2.45, 2.75) is 95.0 Å². The Morgan fingerprint density at radius 1 is 1.07 bits per heavy atom. The molecule has 3 amide bonds. The molecule has 6 atom stereocenters. The number of anilines is 1. The van der Waals surface area contributed by atoms with E-state index >= 15 is 0 Å². The lowest BCUT2D eigenvalue weighted by Crippen LogP contribution is -2.61. The number of para-hydroxylation sites is 1. The van der Waals surface area contributed by atoms with E-state index in [-0.39, 0.29) is 42.8 Å². The zero-order valence-electron chi connectivity index (χ0n) is 25.4. The largest absolute Gasteiger partial charge is 0.394 e. The quantitative estimate of drug-likeness (QED) is 0.396. The third-order valence-electron chi connectivity index (χ3n) is 10.3. The molecule has 4 aliphatic rings. The number of hydrogen-bond donors (Lipinski definition) is 1. The van der Waals surface area contributed by atoms with E-state index in [2.05, 4.69) is 13.2 Å². The van der Waals surface area contributed by atoms with Crippen LogP contribution in [0, 0.1) is 17.8 Å². The van der Waals surface area contributed by atoms with Crippen molar-refractivity contribution in [1.29, 1.82) is 0 Å². The second-order valence-electron chi connectivity index (χ2n) is 13.1. The molecule has 8 nitrogen and oxygen atoms in total. The summed E-state index contributed by atoms with van der Waals surface area (Å²) in [6.07, 6.45) is 9.61. The van der Waals surface area contributed by atoms with Crippen LogP contribution in [0.4, 0.5) is 5.69 Å². The molecule has 1 aromatic rings. The molecule has 3 aliphatic heterocycles. The first-order valence-electron chi connectivity index (χ1n) is 15.7. The van der Waals surface area contributed by atoms with E-state index < -0.39 is 35.1 Å². The molecule has 3 heterocycles. The van der Waals surface area contributed by atoms with E-state index in [4.69, 9.17) is 4.74 Å². The molecule has 0 radical (unpaired) electrons. The normalized spacial score (nSPS) is 31.2. The standard InChI is InChI=1S/C34H47N3O5/c1-6-20-35(24-14-10-8-11-15-24)30(39)27-28-31(40)37(26(22-38)23(3)4)29(34(28)19-18-33(27,5)42-34)32(41)36(21-7-2)25-16-12-9-13-17-25/h6-8,10-11,14-15,23,25-29,38H,1-2,9,12-13,16-22H2,3-5H3/t26-,27-,28-,29?,33+,34?/m0/s1. The first-order chi connectivity index (χ1) is 20.1. The van der Waals surface area contributed by atoms with Gasteiger partial charge in [-0.05, 0) is 50.7 Å². The first-order valence-corrected chi connectivity index (χ1v) is 15.7. The van der Waals surface area contributed by atoms with E-state index in [0.717, 1.165) is 37.8 Å². The number of rotatable bonds is 11. The molecule has 1 saturated carbocycles. The van der Waals surface area contributed by atoms with Crippen LogP contribution in [-0.4, -0.2) is 81.7 Å². The van der Waals surface area contributed by atoms with Crippen molar-refractivity contribution in [3.8, 4) is 0 Å². The molecule has 1 aliphatic carbocycles. The molecule has 228 valence electrons. The van der Waals surface area contributed by atoms with Gasteiger partial charge in [0.15, 0.2) is 0 Å². The van der Waals surface area contributed by atoms with Crippen LogP contribution in [0.1, 0.15) is 65.7 Å². The molecule has 2 unspecified atom stereocenters. The summed E-state index contributed by atoms with van der Waals surface area (Å²) in [6, 6.07) is 7.98. The minimum atomic E-state index is -1.14. The fourth-order valence-electron chi connectivity index (χ4n) is 8.33. The van der Waals surface area contributed by atoms with Gasteiger partial charge in [-0.15, -0.1) is 13.2 Å². The highest BCUT2D eigenvalue weighted by molar-refractivity contribution is 6.03. The van der Waals surface area contributed by atoms with Gasteiger partial charge in [-0.25, -0.2) is 0 Å². The van der Waals surface area contributed by atoms with Gasteiger partial charge in [0.05, 0.1) is 30.1 Å². The Kier molecular flexibility index (Phi) is 8.68. The number of carbonyl (C=O) groups is 3. The molecular weight excluding hydrogens is 530 g/mol. The number of nitrogens with zero attached hydrogens (tertiary/aromatic N) is 3. The van der Waals surface area contributed by atoms with Crippen molar-refractivity contribution in [2.75, 3.05) is 24.6 Å². The van der Waals surface area contributed by atoms with Crippen molar-refractivity contribution in [3.05, 3.63) is 55.6 Å². The van der Waals surface area contributed by atoms with Gasteiger partial charge in [-0.1, -0.05) is 63.5 Å². The molecular formula is C34H47N3O5. The lowest BCUT2D eigenvalue weighted by Gasteiger charge is -2.43. The summed E-state index contributed by atoms with van der Waals surface area (Å²) >= 11 is 0. The number of likely N-dealkylation sites (tertiary alicyclic amines) is 1. The summed E-state index contributed by atoms with van der Waals surface area (Å²) in [4.78, 5) is 49.2. The summed E-state index contributed by atoms with van der Waals surface area (Å²) in [5.74, 6) is -2.31. The maximum Gasteiger partial charge on any atom is 0.248 e. The van der Waals surface area contributed by atoms with Crippen molar-refractivity contribution < 1.29 is 24.2 Å². The Balaban J connectivity index is 1.61. The van der Waals surface area contributed by atoms with Gasteiger partial charge in [-0.3, -0.25) is 14.4 Å². The summed E-state index contributed by atoms with van der Waals surface area (Å²) in [6.45, 7) is 14.0. The number of ether oxygens (including phenoxy) is 1. The fraction of sp³-hybridized carbons (Fsp3) is 0.618. The Hall–Kier alpha value is -2.97. The molecule has 5 rings (SSSR count). The van der Waals surface area contributed by atoms with Gasteiger partial charge in [0, 0.05) is 24.8 Å². The van der Waals surface area contributed by atoms with E-state index in [1.807, 2.05) is 56.0 Å². The van der Waals surface area contributed by atoms with Crippen LogP contribution < -0.4 is 4.90 Å². The Bertz CT molecular complexity index is 1200. The first kappa shape index (κ1) is 30.5. The van der Waals surface area contributed by atoms with E-state index in [1.165, 1.54) is 0 Å². The minimum absolute atomic E-state index is 0.0658. The fourth-order valence-corrected chi connectivity index (χ4v) is 8.33. The Morgan fingerprint density at radius 2 is 1.74 bits per heavy atom. The maximum atomic E-state index is 14.8. The van der Waals surface area contributed by atoms with Gasteiger partial charge in [0.2, 0.25) is 17.7 Å². The molecule has 8 heteroatoms. The van der Waals surface area contributed by atoms with Gasteiger partial charge in [0.1, 0.15) is 11.6 Å². The van der Waals surface area contributed by atoms with Crippen LogP contribution >= 0.6 is 0 Å². The molecule has 1 spiro atoms. The second kappa shape index (κ2) is 12.0. The highest BCUT2D eigenvalue weighted by atomic mass is 16.5. The van der Waals surface area contributed by atoms with Crippen molar-refractivity contribution in [2.24, 2.45) is 17.8 Å². The van der Waals surface area contributed by atoms with Crippen LogP contribution in [-0.2, 0) is 19.1 Å². The van der Waals surface area contributed by atoms with Crippen LogP contribution in [0.2, 0.25) is 0 Å². The number of benzene rings is 1. The average Bonchev–Trinajstić information content (AvgIpc) is 3.56. The zero-order chi connectivity index (χ0) is 30.2. The number of amides is 3.